The zero-order valence-corrected chi connectivity index (χ0v) is 15.6. The van der Waals surface area contributed by atoms with Crippen LogP contribution < -0.4 is 4.90 Å². The lowest BCUT2D eigenvalue weighted by Gasteiger charge is -2.18. The number of halogens is 2. The first-order valence-electron chi connectivity index (χ1n) is 8.72. The molecule has 0 spiro atoms. The van der Waals surface area contributed by atoms with Gasteiger partial charge >= 0.3 is 0 Å². The number of fused-ring (bicyclic) bond motifs is 1. The van der Waals surface area contributed by atoms with Gasteiger partial charge in [-0.1, -0.05) is 41.7 Å². The normalized spacial score (nSPS) is 11.1. The van der Waals surface area contributed by atoms with Crippen molar-refractivity contribution < 1.29 is 18.0 Å². The zero-order chi connectivity index (χ0) is 19.5. The Bertz CT molecular complexity index is 1090. The molecular weight excluding hydrogens is 382 g/mol. The molecule has 0 aliphatic carbocycles. The van der Waals surface area contributed by atoms with E-state index >= 15 is 0 Å². The van der Waals surface area contributed by atoms with E-state index in [1.807, 2.05) is 30.3 Å². The van der Waals surface area contributed by atoms with E-state index in [2.05, 4.69) is 4.98 Å². The van der Waals surface area contributed by atoms with Crippen LogP contribution in [0.1, 0.15) is 17.7 Å². The summed E-state index contributed by atoms with van der Waals surface area (Å²) in [6.45, 7) is 0.171. The van der Waals surface area contributed by atoms with E-state index in [0.29, 0.717) is 22.0 Å². The van der Waals surface area contributed by atoms with Gasteiger partial charge in [0.15, 0.2) is 10.9 Å². The van der Waals surface area contributed by atoms with E-state index in [1.165, 1.54) is 17.2 Å². The Labute approximate surface area is 164 Å². The quantitative estimate of drug-likeness (QED) is 0.441. The Morgan fingerprint density at radius 2 is 1.93 bits per heavy atom. The topological polar surface area (TPSA) is 46.3 Å². The number of nitrogens with zero attached hydrogens (tertiary/aromatic N) is 2. The van der Waals surface area contributed by atoms with Crippen LogP contribution in [0, 0.1) is 11.6 Å². The minimum Gasteiger partial charge on any atom is -0.467 e. The van der Waals surface area contributed by atoms with Crippen molar-refractivity contribution in [2.45, 2.75) is 19.4 Å². The average Bonchev–Trinajstić information content (AvgIpc) is 3.34. The van der Waals surface area contributed by atoms with Gasteiger partial charge in [-0.2, -0.15) is 0 Å². The summed E-state index contributed by atoms with van der Waals surface area (Å²) in [6, 6.07) is 15.2. The summed E-state index contributed by atoms with van der Waals surface area (Å²) in [5.74, 6) is -1.00. The second kappa shape index (κ2) is 7.90. The lowest BCUT2D eigenvalue weighted by molar-refractivity contribution is -0.118. The Morgan fingerprint density at radius 3 is 2.68 bits per heavy atom. The summed E-state index contributed by atoms with van der Waals surface area (Å²) >= 11 is 1.08. The summed E-state index contributed by atoms with van der Waals surface area (Å²) in [5, 5.41) is 0.314. The number of anilines is 1. The second-order valence-corrected chi connectivity index (χ2v) is 7.28. The fourth-order valence-electron chi connectivity index (χ4n) is 2.91. The summed E-state index contributed by atoms with van der Waals surface area (Å²) in [4.78, 5) is 18.7. The average molecular weight is 398 g/mol. The molecule has 0 radical (unpaired) electrons. The monoisotopic (exact) mass is 398 g/mol. The molecule has 1 amide bonds. The highest BCUT2D eigenvalue weighted by Gasteiger charge is 2.22. The van der Waals surface area contributed by atoms with Gasteiger partial charge in [-0.3, -0.25) is 9.69 Å². The predicted molar refractivity (Wildman–Crippen MR) is 104 cm³/mol. The number of hydrogen-bond donors (Lipinski definition) is 0. The van der Waals surface area contributed by atoms with E-state index in [-0.39, 0.29) is 24.4 Å². The SMILES string of the molecule is O=C(CCc1ccccc1)N(Cc1ccco1)c1nc2c(F)cc(F)cc2s1. The predicted octanol–water partition coefficient (Wildman–Crippen LogP) is 5.33. The second-order valence-electron chi connectivity index (χ2n) is 6.28. The van der Waals surface area contributed by atoms with Crippen molar-refractivity contribution >= 4 is 32.6 Å². The molecule has 0 atom stereocenters. The third kappa shape index (κ3) is 3.94. The summed E-state index contributed by atoms with van der Waals surface area (Å²) in [6.07, 6.45) is 2.36. The highest BCUT2D eigenvalue weighted by atomic mass is 32.1. The van der Waals surface area contributed by atoms with Crippen LogP contribution in [0.15, 0.2) is 65.3 Å². The zero-order valence-electron chi connectivity index (χ0n) is 14.8. The van der Waals surface area contributed by atoms with E-state index < -0.39 is 11.6 Å². The van der Waals surface area contributed by atoms with Crippen LogP contribution in [0.3, 0.4) is 0 Å². The van der Waals surface area contributed by atoms with Crippen molar-refractivity contribution in [3.05, 3.63) is 83.8 Å². The molecule has 0 bridgehead atoms. The number of thiazole rings is 1. The molecule has 4 nitrogen and oxygen atoms in total. The number of benzene rings is 2. The molecule has 7 heteroatoms. The van der Waals surface area contributed by atoms with Crippen LogP contribution in [0.4, 0.5) is 13.9 Å². The Morgan fingerprint density at radius 1 is 1.11 bits per heavy atom. The first kappa shape index (κ1) is 18.3. The Kier molecular flexibility index (Phi) is 5.16. The van der Waals surface area contributed by atoms with E-state index in [0.717, 1.165) is 23.0 Å². The molecule has 142 valence electrons. The van der Waals surface area contributed by atoms with Gasteiger partial charge in [-0.15, -0.1) is 0 Å². The van der Waals surface area contributed by atoms with Crippen LogP contribution in [0.5, 0.6) is 0 Å². The molecule has 4 aromatic rings. The van der Waals surface area contributed by atoms with E-state index in [9.17, 15) is 13.6 Å². The molecule has 0 aliphatic heterocycles. The van der Waals surface area contributed by atoms with Crippen molar-refractivity contribution in [2.75, 3.05) is 4.90 Å². The van der Waals surface area contributed by atoms with Crippen molar-refractivity contribution in [3.63, 3.8) is 0 Å². The molecule has 0 fully saturated rings. The lowest BCUT2D eigenvalue weighted by Crippen LogP contribution is -2.30. The highest BCUT2D eigenvalue weighted by molar-refractivity contribution is 7.22. The molecule has 0 N–H and O–H groups in total. The fourth-order valence-corrected chi connectivity index (χ4v) is 3.93. The lowest BCUT2D eigenvalue weighted by atomic mass is 10.1. The molecule has 0 unspecified atom stereocenters. The molecule has 4 rings (SSSR count). The molecule has 2 aromatic heterocycles. The third-order valence-corrected chi connectivity index (χ3v) is 5.32. The largest absolute Gasteiger partial charge is 0.467 e. The van der Waals surface area contributed by atoms with Crippen molar-refractivity contribution in [2.24, 2.45) is 0 Å². The van der Waals surface area contributed by atoms with Crippen molar-refractivity contribution in [1.29, 1.82) is 0 Å². The first-order valence-corrected chi connectivity index (χ1v) is 9.54. The maximum absolute atomic E-state index is 14.1. The van der Waals surface area contributed by atoms with Gasteiger partial charge < -0.3 is 4.42 Å². The van der Waals surface area contributed by atoms with Crippen LogP contribution >= 0.6 is 11.3 Å². The minimum atomic E-state index is -0.743. The number of rotatable bonds is 6. The summed E-state index contributed by atoms with van der Waals surface area (Å²) < 4.78 is 33.3. The van der Waals surface area contributed by atoms with Gasteiger partial charge in [0.25, 0.3) is 0 Å². The minimum absolute atomic E-state index is 0.0571. The maximum Gasteiger partial charge on any atom is 0.229 e. The van der Waals surface area contributed by atoms with Crippen molar-refractivity contribution in [1.82, 2.24) is 4.98 Å². The van der Waals surface area contributed by atoms with Crippen LogP contribution in [0.25, 0.3) is 10.2 Å². The number of carbonyl (C=O) groups excluding carboxylic acids is 1. The summed E-state index contributed by atoms with van der Waals surface area (Å²) in [5.41, 5.74) is 1.10. The third-order valence-electron chi connectivity index (χ3n) is 4.30. The van der Waals surface area contributed by atoms with Gasteiger partial charge in [0.1, 0.15) is 17.1 Å². The standard InChI is InChI=1S/C21H16F2N2O2S/c22-15-11-17(23)20-18(12-15)28-21(24-20)25(13-16-7-4-10-27-16)19(26)9-8-14-5-2-1-3-6-14/h1-7,10-12H,8-9,13H2. The highest BCUT2D eigenvalue weighted by Crippen LogP contribution is 2.32. The van der Waals surface area contributed by atoms with Crippen LogP contribution in [-0.2, 0) is 17.8 Å². The van der Waals surface area contributed by atoms with E-state index in [1.54, 1.807) is 12.1 Å². The number of aryl methyl sites for hydroxylation is 1. The van der Waals surface area contributed by atoms with Gasteiger partial charge in [0.2, 0.25) is 5.91 Å². The number of furan rings is 1. The number of hydrogen-bond acceptors (Lipinski definition) is 4. The van der Waals surface area contributed by atoms with Crippen molar-refractivity contribution in [3.8, 4) is 0 Å². The van der Waals surface area contributed by atoms with Crippen LogP contribution in [-0.4, -0.2) is 10.9 Å². The number of aromatic nitrogens is 1. The molecular formula is C21H16F2N2O2S. The molecule has 2 aromatic carbocycles. The number of amides is 1. The molecule has 0 saturated carbocycles. The van der Waals surface area contributed by atoms with Gasteiger partial charge in [0, 0.05) is 12.5 Å². The molecule has 2 heterocycles. The summed E-state index contributed by atoms with van der Waals surface area (Å²) in [7, 11) is 0. The Balaban J connectivity index is 1.63. The van der Waals surface area contributed by atoms with Gasteiger partial charge in [-0.25, -0.2) is 13.8 Å². The Hall–Kier alpha value is -3.06. The first-order chi connectivity index (χ1) is 13.6. The fraction of sp³-hybridized carbons (Fsp3) is 0.143. The van der Waals surface area contributed by atoms with E-state index in [4.69, 9.17) is 4.42 Å². The molecule has 0 aliphatic rings. The molecule has 0 saturated heterocycles. The van der Waals surface area contributed by atoms with Gasteiger partial charge in [0.05, 0.1) is 17.5 Å². The van der Waals surface area contributed by atoms with Crippen LogP contribution in [0.2, 0.25) is 0 Å². The molecule has 28 heavy (non-hydrogen) atoms. The smallest absolute Gasteiger partial charge is 0.229 e. The maximum atomic E-state index is 14.1. The van der Waals surface area contributed by atoms with Gasteiger partial charge in [-0.05, 0) is 30.2 Å². The number of carbonyl (C=O) groups is 1.